The normalized spacial score (nSPS) is 20.5. The highest BCUT2D eigenvalue weighted by molar-refractivity contribution is 5.51. The molecular weight excluding hydrogens is 382 g/mol. The molecule has 0 bridgehead atoms. The van der Waals surface area contributed by atoms with Crippen LogP contribution in [0.3, 0.4) is 0 Å². The van der Waals surface area contributed by atoms with Crippen LogP contribution in [0.1, 0.15) is 46.9 Å². The maximum atomic E-state index is 6.04. The number of methoxy groups -OCH3 is 1. The summed E-state index contributed by atoms with van der Waals surface area (Å²) in [7, 11) is 1.74. The molecule has 0 N–H and O–H groups in total. The van der Waals surface area contributed by atoms with E-state index >= 15 is 0 Å². The molecule has 2 aliphatic rings. The Labute approximate surface area is 185 Å². The highest BCUT2D eigenvalue weighted by Crippen LogP contribution is 2.48. The molecule has 1 heterocycles. The van der Waals surface area contributed by atoms with Crippen molar-refractivity contribution in [3.8, 4) is 11.5 Å². The zero-order valence-electron chi connectivity index (χ0n) is 18.3. The summed E-state index contributed by atoms with van der Waals surface area (Å²) in [4.78, 5) is 2.49. The van der Waals surface area contributed by atoms with Crippen molar-refractivity contribution in [2.75, 3.05) is 33.4 Å². The Balaban J connectivity index is 1.37. The molecule has 1 aliphatic heterocycles. The third kappa shape index (κ3) is 4.33. The van der Waals surface area contributed by atoms with Crippen molar-refractivity contribution in [1.29, 1.82) is 0 Å². The van der Waals surface area contributed by atoms with E-state index in [1.54, 1.807) is 7.11 Å². The van der Waals surface area contributed by atoms with E-state index in [2.05, 4.69) is 77.7 Å². The van der Waals surface area contributed by atoms with Crippen LogP contribution >= 0.6 is 0 Å². The van der Waals surface area contributed by atoms with Gasteiger partial charge in [-0.05, 0) is 84.8 Å². The lowest BCUT2D eigenvalue weighted by molar-refractivity contribution is 0.237. The Hall–Kier alpha value is -2.78. The highest BCUT2D eigenvalue weighted by Gasteiger charge is 2.34. The van der Waals surface area contributed by atoms with Gasteiger partial charge in [0.05, 0.1) is 7.11 Å². The van der Waals surface area contributed by atoms with E-state index in [9.17, 15) is 0 Å². The van der Waals surface area contributed by atoms with Gasteiger partial charge in [-0.25, -0.2) is 0 Å². The number of hydrogen-bond donors (Lipinski definition) is 0. The first-order valence-corrected chi connectivity index (χ1v) is 11.5. The second kappa shape index (κ2) is 9.15. The Morgan fingerprint density at radius 2 is 1.58 bits per heavy atom. The second-order valence-electron chi connectivity index (χ2n) is 8.73. The van der Waals surface area contributed by atoms with Gasteiger partial charge in [0.1, 0.15) is 18.1 Å². The first-order valence-electron chi connectivity index (χ1n) is 11.5. The summed E-state index contributed by atoms with van der Waals surface area (Å²) in [5.41, 5.74) is 5.56. The Morgan fingerprint density at radius 1 is 0.839 bits per heavy atom. The lowest BCUT2D eigenvalue weighted by Crippen LogP contribution is -2.25. The fraction of sp³-hybridized carbons (Fsp3) is 0.357. The molecule has 31 heavy (non-hydrogen) atoms. The Morgan fingerprint density at radius 3 is 2.32 bits per heavy atom. The molecule has 0 amide bonds. The predicted molar refractivity (Wildman–Crippen MR) is 125 cm³/mol. The molecule has 0 saturated carbocycles. The van der Waals surface area contributed by atoms with Gasteiger partial charge in [0.2, 0.25) is 0 Å². The van der Waals surface area contributed by atoms with Gasteiger partial charge in [0.15, 0.2) is 0 Å². The standard InChI is InChI=1S/C28H31NO2/c1-30-25-13-14-26-23(19-25)20-27(21-7-3-2-4-8-21)28(26)22-9-11-24(12-10-22)31-18-17-29-15-5-6-16-29/h2-4,7-14,19,27-28H,5-6,15-18,20H2,1H3/t27-,28-/m1/s1. The van der Waals surface area contributed by atoms with Gasteiger partial charge < -0.3 is 9.47 Å². The molecule has 3 heteroatoms. The number of nitrogens with zero attached hydrogens (tertiary/aromatic N) is 1. The molecule has 3 aromatic rings. The molecule has 160 valence electrons. The smallest absolute Gasteiger partial charge is 0.119 e. The van der Waals surface area contributed by atoms with Gasteiger partial charge >= 0.3 is 0 Å². The molecule has 5 rings (SSSR count). The van der Waals surface area contributed by atoms with Crippen molar-refractivity contribution >= 4 is 0 Å². The van der Waals surface area contributed by atoms with Crippen molar-refractivity contribution in [2.24, 2.45) is 0 Å². The topological polar surface area (TPSA) is 21.7 Å². The number of benzene rings is 3. The van der Waals surface area contributed by atoms with Crippen LogP contribution in [0, 0.1) is 0 Å². The Bertz CT molecular complexity index is 993. The van der Waals surface area contributed by atoms with Crippen LogP contribution in [-0.2, 0) is 6.42 Å². The van der Waals surface area contributed by atoms with Crippen LogP contribution in [0.25, 0.3) is 0 Å². The van der Waals surface area contributed by atoms with Crippen LogP contribution in [0.2, 0.25) is 0 Å². The maximum absolute atomic E-state index is 6.04. The average molecular weight is 414 g/mol. The predicted octanol–water partition coefficient (Wildman–Crippen LogP) is 5.64. The summed E-state index contributed by atoms with van der Waals surface area (Å²) in [6.45, 7) is 4.22. The minimum absolute atomic E-state index is 0.349. The molecule has 2 atom stereocenters. The Kier molecular flexibility index (Phi) is 5.95. The van der Waals surface area contributed by atoms with Crippen LogP contribution in [0.5, 0.6) is 11.5 Å². The molecule has 1 aliphatic carbocycles. The number of likely N-dealkylation sites (tertiary alicyclic amines) is 1. The van der Waals surface area contributed by atoms with E-state index in [0.717, 1.165) is 31.1 Å². The first kappa shape index (κ1) is 20.1. The van der Waals surface area contributed by atoms with E-state index in [4.69, 9.17) is 9.47 Å². The monoisotopic (exact) mass is 413 g/mol. The van der Waals surface area contributed by atoms with Crippen LogP contribution in [0.15, 0.2) is 72.8 Å². The van der Waals surface area contributed by atoms with Gasteiger partial charge in [-0.2, -0.15) is 0 Å². The average Bonchev–Trinajstić information content (AvgIpc) is 3.47. The van der Waals surface area contributed by atoms with E-state index in [-0.39, 0.29) is 0 Å². The lowest BCUT2D eigenvalue weighted by Gasteiger charge is -2.22. The summed E-state index contributed by atoms with van der Waals surface area (Å²) in [6.07, 6.45) is 3.69. The second-order valence-corrected chi connectivity index (χ2v) is 8.73. The quantitative estimate of drug-likeness (QED) is 0.500. The van der Waals surface area contributed by atoms with Crippen molar-refractivity contribution < 1.29 is 9.47 Å². The van der Waals surface area contributed by atoms with E-state index in [0.29, 0.717) is 11.8 Å². The minimum Gasteiger partial charge on any atom is -0.497 e. The molecule has 0 aromatic heterocycles. The van der Waals surface area contributed by atoms with Crippen molar-refractivity contribution in [1.82, 2.24) is 4.90 Å². The molecule has 0 unspecified atom stereocenters. The number of ether oxygens (including phenoxy) is 2. The van der Waals surface area contributed by atoms with Crippen LogP contribution in [0.4, 0.5) is 0 Å². The van der Waals surface area contributed by atoms with Gasteiger partial charge in [-0.3, -0.25) is 4.90 Å². The number of hydrogen-bond acceptors (Lipinski definition) is 3. The molecule has 0 radical (unpaired) electrons. The minimum atomic E-state index is 0.349. The number of rotatable bonds is 7. The largest absolute Gasteiger partial charge is 0.497 e. The lowest BCUT2D eigenvalue weighted by atomic mass is 9.82. The fourth-order valence-corrected chi connectivity index (χ4v) is 5.25. The summed E-state index contributed by atoms with van der Waals surface area (Å²) in [5, 5.41) is 0. The van der Waals surface area contributed by atoms with Crippen molar-refractivity contribution in [2.45, 2.75) is 31.1 Å². The van der Waals surface area contributed by atoms with Gasteiger partial charge in [0.25, 0.3) is 0 Å². The molecular formula is C28H31NO2. The van der Waals surface area contributed by atoms with E-state index in [1.807, 2.05) is 0 Å². The van der Waals surface area contributed by atoms with Crippen LogP contribution in [-0.4, -0.2) is 38.3 Å². The number of fused-ring (bicyclic) bond motifs is 1. The van der Waals surface area contributed by atoms with Gasteiger partial charge in [-0.15, -0.1) is 0 Å². The molecule has 3 aromatic carbocycles. The zero-order chi connectivity index (χ0) is 21.0. The first-order chi connectivity index (χ1) is 15.3. The molecule has 3 nitrogen and oxygen atoms in total. The molecule has 1 saturated heterocycles. The van der Waals surface area contributed by atoms with Crippen molar-refractivity contribution in [3.63, 3.8) is 0 Å². The van der Waals surface area contributed by atoms with Crippen molar-refractivity contribution in [3.05, 3.63) is 95.1 Å². The third-order valence-corrected chi connectivity index (χ3v) is 6.87. The maximum Gasteiger partial charge on any atom is 0.119 e. The summed E-state index contributed by atoms with van der Waals surface area (Å²) >= 11 is 0. The van der Waals surface area contributed by atoms with E-state index < -0.39 is 0 Å². The summed E-state index contributed by atoms with van der Waals surface area (Å²) in [6, 6.07) is 26.3. The summed E-state index contributed by atoms with van der Waals surface area (Å²) in [5.74, 6) is 2.69. The SMILES string of the molecule is COc1ccc2c(c1)C[C@H](c1ccccc1)[C@@H]2c1ccc(OCCN2CCCC2)cc1. The summed E-state index contributed by atoms with van der Waals surface area (Å²) < 4.78 is 11.5. The van der Waals surface area contributed by atoms with Crippen LogP contribution < -0.4 is 9.47 Å². The fourth-order valence-electron chi connectivity index (χ4n) is 5.25. The third-order valence-electron chi connectivity index (χ3n) is 6.87. The van der Waals surface area contributed by atoms with Gasteiger partial charge in [-0.1, -0.05) is 48.5 Å². The molecule has 0 spiro atoms. The zero-order valence-corrected chi connectivity index (χ0v) is 18.3. The van der Waals surface area contributed by atoms with Gasteiger partial charge in [0, 0.05) is 12.5 Å². The van der Waals surface area contributed by atoms with E-state index in [1.165, 1.54) is 48.2 Å². The molecule has 1 fully saturated rings. The highest BCUT2D eigenvalue weighted by atomic mass is 16.5.